The smallest absolute Gasteiger partial charge is 0.258 e. The molecule has 0 saturated carbocycles. The average molecular weight is 550 g/mol. The molecule has 0 atom stereocenters. The normalized spacial score (nSPS) is 16.0. The molecule has 2 aliphatic rings. The minimum atomic E-state index is -3.64. The number of nitrogens with one attached hydrogen (secondary N) is 1. The van der Waals surface area contributed by atoms with E-state index in [1.54, 1.807) is 48.4 Å². The van der Waals surface area contributed by atoms with Gasteiger partial charge in [0.2, 0.25) is 15.9 Å². The van der Waals surface area contributed by atoms with Gasteiger partial charge in [-0.2, -0.15) is 4.31 Å². The van der Waals surface area contributed by atoms with Gasteiger partial charge in [0, 0.05) is 42.5 Å². The molecule has 0 radical (unpaired) electrons. The van der Waals surface area contributed by atoms with Gasteiger partial charge in [0.1, 0.15) is 11.5 Å². The molecule has 2 aliphatic heterocycles. The van der Waals surface area contributed by atoms with Crippen LogP contribution in [0.2, 0.25) is 0 Å². The number of amides is 2. The Hall–Kier alpha value is -3.89. The monoisotopic (exact) mass is 549 g/mol. The van der Waals surface area contributed by atoms with Crippen LogP contribution in [0.5, 0.6) is 11.5 Å². The topological polar surface area (TPSA) is 105 Å². The Labute approximate surface area is 228 Å². The molecule has 10 heteroatoms. The highest BCUT2D eigenvalue weighted by Gasteiger charge is 2.32. The second kappa shape index (κ2) is 11.1. The molecule has 0 unspecified atom stereocenters. The lowest BCUT2D eigenvalue weighted by Crippen LogP contribution is -2.41. The van der Waals surface area contributed by atoms with E-state index in [9.17, 15) is 18.0 Å². The number of carbonyl (C=O) groups is 2. The van der Waals surface area contributed by atoms with Crippen molar-refractivity contribution in [3.63, 3.8) is 0 Å². The van der Waals surface area contributed by atoms with Crippen molar-refractivity contribution in [3.05, 3.63) is 77.9 Å². The van der Waals surface area contributed by atoms with Crippen molar-refractivity contribution in [2.45, 2.75) is 24.2 Å². The molecule has 1 fully saturated rings. The first kappa shape index (κ1) is 26.7. The van der Waals surface area contributed by atoms with Gasteiger partial charge in [0.15, 0.2) is 0 Å². The summed E-state index contributed by atoms with van der Waals surface area (Å²) in [7, 11) is -0.533. The fourth-order valence-corrected chi connectivity index (χ4v) is 6.53. The second-order valence-corrected chi connectivity index (χ2v) is 11.6. The second-order valence-electron chi connectivity index (χ2n) is 9.62. The molecule has 2 amide bonds. The predicted octanol–water partition coefficient (Wildman–Crippen LogP) is 3.95. The number of sulfonamides is 1. The number of carbonyl (C=O) groups excluding carboxylic acids is 2. The van der Waals surface area contributed by atoms with Crippen molar-refractivity contribution in [2.24, 2.45) is 5.92 Å². The molecule has 204 valence electrons. The summed E-state index contributed by atoms with van der Waals surface area (Å²) in [4.78, 5) is 28.2. The first-order valence-corrected chi connectivity index (χ1v) is 14.3. The minimum absolute atomic E-state index is 0.106. The van der Waals surface area contributed by atoms with Crippen molar-refractivity contribution < 1.29 is 27.5 Å². The number of piperidine rings is 1. The van der Waals surface area contributed by atoms with Gasteiger partial charge in [0.25, 0.3) is 5.91 Å². The maximum Gasteiger partial charge on any atom is 0.258 e. The standard InChI is InChI=1S/C29H31N3O6S/c1-37-24-7-4-22(5-8-24)29(34)32-18-15-20-3-6-23(19-27(20)32)30-28(33)21-13-16-31(17-14-21)39(35,36)26-11-9-25(38-2)10-12-26/h3-12,19,21H,13-18H2,1-2H3,(H,30,33). The number of ether oxygens (including phenoxy) is 2. The van der Waals surface area contributed by atoms with Crippen molar-refractivity contribution in [2.75, 3.05) is 44.1 Å². The molecule has 0 spiro atoms. The number of nitrogens with zero attached hydrogens (tertiary/aromatic N) is 2. The minimum Gasteiger partial charge on any atom is -0.497 e. The highest BCUT2D eigenvalue weighted by Crippen LogP contribution is 2.33. The molecule has 1 saturated heterocycles. The molecule has 0 aromatic heterocycles. The lowest BCUT2D eigenvalue weighted by Gasteiger charge is -2.30. The Morgan fingerprint density at radius 2 is 1.46 bits per heavy atom. The summed E-state index contributed by atoms with van der Waals surface area (Å²) in [5, 5.41) is 2.98. The number of hydrogen-bond donors (Lipinski definition) is 1. The summed E-state index contributed by atoms with van der Waals surface area (Å²) in [5.74, 6) is 0.706. The molecule has 3 aromatic carbocycles. The van der Waals surface area contributed by atoms with Crippen LogP contribution < -0.4 is 19.7 Å². The van der Waals surface area contributed by atoms with E-state index in [-0.39, 0.29) is 35.7 Å². The van der Waals surface area contributed by atoms with Crippen LogP contribution in [0.15, 0.2) is 71.6 Å². The number of benzene rings is 3. The van der Waals surface area contributed by atoms with Crippen LogP contribution in [0.4, 0.5) is 11.4 Å². The molecule has 5 rings (SSSR count). The lowest BCUT2D eigenvalue weighted by atomic mass is 9.97. The molecule has 1 N–H and O–H groups in total. The summed E-state index contributed by atoms with van der Waals surface area (Å²) in [6.45, 7) is 1.10. The fraction of sp³-hybridized carbons (Fsp3) is 0.310. The van der Waals surface area contributed by atoms with Crippen LogP contribution >= 0.6 is 0 Å². The molecule has 3 aromatic rings. The first-order chi connectivity index (χ1) is 18.8. The van der Waals surface area contributed by atoms with Crippen LogP contribution in [-0.4, -0.2) is 58.4 Å². The summed E-state index contributed by atoms with van der Waals surface area (Å²) in [6.07, 6.45) is 1.59. The predicted molar refractivity (Wildman–Crippen MR) is 148 cm³/mol. The third-order valence-electron chi connectivity index (χ3n) is 7.35. The molecule has 0 bridgehead atoms. The van der Waals surface area contributed by atoms with Crippen molar-refractivity contribution in [3.8, 4) is 11.5 Å². The molecule has 2 heterocycles. The van der Waals surface area contributed by atoms with Gasteiger partial charge in [-0.3, -0.25) is 9.59 Å². The zero-order valence-electron chi connectivity index (χ0n) is 21.9. The summed E-state index contributed by atoms with van der Waals surface area (Å²) < 4.78 is 37.8. The lowest BCUT2D eigenvalue weighted by molar-refractivity contribution is -0.120. The number of fused-ring (bicyclic) bond motifs is 1. The summed E-state index contributed by atoms with van der Waals surface area (Å²) in [6, 6.07) is 18.9. The largest absolute Gasteiger partial charge is 0.497 e. The Morgan fingerprint density at radius 3 is 2.08 bits per heavy atom. The molecule has 9 nitrogen and oxygen atoms in total. The van der Waals surface area contributed by atoms with Crippen molar-refractivity contribution in [1.29, 1.82) is 0 Å². The van der Waals surface area contributed by atoms with Crippen LogP contribution in [0.3, 0.4) is 0 Å². The SMILES string of the molecule is COc1ccc(C(=O)N2CCc3ccc(NC(=O)C4CCN(S(=O)(=O)c5ccc(OC)cc5)CC4)cc32)cc1. The van der Waals surface area contributed by atoms with Gasteiger partial charge >= 0.3 is 0 Å². The number of anilines is 2. The molecule has 39 heavy (non-hydrogen) atoms. The van der Waals surface area contributed by atoms with Gasteiger partial charge in [-0.1, -0.05) is 6.07 Å². The Bertz CT molecular complexity index is 1460. The van der Waals surface area contributed by atoms with Crippen LogP contribution in [0.25, 0.3) is 0 Å². The van der Waals surface area contributed by atoms with Gasteiger partial charge in [-0.25, -0.2) is 8.42 Å². The highest BCUT2D eigenvalue weighted by molar-refractivity contribution is 7.89. The number of hydrogen-bond acceptors (Lipinski definition) is 6. The van der Waals surface area contributed by atoms with Gasteiger partial charge < -0.3 is 19.7 Å². The van der Waals surface area contributed by atoms with E-state index in [0.717, 1.165) is 17.7 Å². The molecular formula is C29H31N3O6S. The van der Waals surface area contributed by atoms with E-state index in [2.05, 4.69) is 5.32 Å². The number of methoxy groups -OCH3 is 2. The van der Waals surface area contributed by atoms with E-state index < -0.39 is 10.0 Å². The van der Waals surface area contributed by atoms with Gasteiger partial charge in [-0.05, 0) is 85.5 Å². The zero-order valence-corrected chi connectivity index (χ0v) is 22.7. The summed E-state index contributed by atoms with van der Waals surface area (Å²) >= 11 is 0. The highest BCUT2D eigenvalue weighted by atomic mass is 32.2. The van der Waals surface area contributed by atoms with E-state index in [0.29, 0.717) is 42.1 Å². The third-order valence-corrected chi connectivity index (χ3v) is 9.27. The zero-order chi connectivity index (χ0) is 27.6. The quantitative estimate of drug-likeness (QED) is 0.479. The molecular weight excluding hydrogens is 518 g/mol. The Morgan fingerprint density at radius 1 is 0.846 bits per heavy atom. The first-order valence-electron chi connectivity index (χ1n) is 12.8. The number of rotatable bonds is 7. The van der Waals surface area contributed by atoms with Crippen molar-refractivity contribution >= 4 is 33.2 Å². The third kappa shape index (κ3) is 5.48. The van der Waals surface area contributed by atoms with Gasteiger partial charge in [0.05, 0.1) is 19.1 Å². The molecule has 0 aliphatic carbocycles. The van der Waals surface area contributed by atoms with Crippen LogP contribution in [0, 0.1) is 5.92 Å². The average Bonchev–Trinajstić information content (AvgIpc) is 3.40. The van der Waals surface area contributed by atoms with E-state index in [1.807, 2.05) is 18.2 Å². The fourth-order valence-electron chi connectivity index (χ4n) is 5.06. The van der Waals surface area contributed by atoms with E-state index in [1.165, 1.54) is 23.5 Å². The Balaban J connectivity index is 1.22. The van der Waals surface area contributed by atoms with E-state index >= 15 is 0 Å². The maximum absolute atomic E-state index is 13.2. The van der Waals surface area contributed by atoms with Crippen LogP contribution in [0.1, 0.15) is 28.8 Å². The van der Waals surface area contributed by atoms with Gasteiger partial charge in [-0.15, -0.1) is 0 Å². The Kier molecular flexibility index (Phi) is 7.58. The summed E-state index contributed by atoms with van der Waals surface area (Å²) in [5.41, 5.74) is 3.01. The maximum atomic E-state index is 13.2. The van der Waals surface area contributed by atoms with Crippen molar-refractivity contribution in [1.82, 2.24) is 4.31 Å². The van der Waals surface area contributed by atoms with E-state index in [4.69, 9.17) is 9.47 Å². The van der Waals surface area contributed by atoms with Crippen LogP contribution in [-0.2, 0) is 21.2 Å².